The van der Waals surface area contributed by atoms with Gasteiger partial charge in [-0.05, 0) is 0 Å². The Morgan fingerprint density at radius 1 is 0.533 bits per heavy atom. The van der Waals surface area contributed by atoms with Crippen molar-refractivity contribution in [2.45, 2.75) is 24.1 Å². The predicted molar refractivity (Wildman–Crippen MR) is 31.7 cm³/mol. The van der Waals surface area contributed by atoms with Crippen LogP contribution in [0.5, 0.6) is 0 Å². The first-order chi connectivity index (χ1) is 5.75. The smallest absolute Gasteiger partial charge is 0.367 e. The SMILES string of the molecule is OC(C(F)(F)F)(C(F)(F)F)C(F)(F)F.[MgH2]. The maximum atomic E-state index is 11.4. The summed E-state index contributed by atoms with van der Waals surface area (Å²) in [6.07, 6.45) is -20.6. The molecular weight excluding hydrogens is 259 g/mol. The van der Waals surface area contributed by atoms with Crippen LogP contribution in [0.25, 0.3) is 0 Å². The maximum Gasteiger partial charge on any atom is 0.435 e. The van der Waals surface area contributed by atoms with Gasteiger partial charge in [-0.1, -0.05) is 0 Å². The van der Waals surface area contributed by atoms with E-state index in [1.165, 1.54) is 0 Å². The number of halogens is 9. The monoisotopic (exact) mass is 262 g/mol. The third-order valence-electron chi connectivity index (χ3n) is 1.23. The predicted octanol–water partition coefficient (Wildman–Crippen LogP) is 1.49. The van der Waals surface area contributed by atoms with Crippen LogP contribution in [0.4, 0.5) is 39.5 Å². The van der Waals surface area contributed by atoms with E-state index < -0.39 is 24.1 Å². The Hall–Kier alpha value is 0.0962. The summed E-state index contributed by atoms with van der Waals surface area (Å²) in [5.41, 5.74) is -6.69. The van der Waals surface area contributed by atoms with Crippen molar-refractivity contribution >= 4 is 23.1 Å². The summed E-state index contributed by atoms with van der Waals surface area (Å²) < 4.78 is 103. The molecule has 90 valence electrons. The van der Waals surface area contributed by atoms with E-state index in [0.717, 1.165) is 0 Å². The topological polar surface area (TPSA) is 20.2 Å². The maximum absolute atomic E-state index is 11.4. The molecule has 15 heavy (non-hydrogen) atoms. The zero-order chi connectivity index (χ0) is 12.0. The molecule has 0 atom stereocenters. The third kappa shape index (κ3) is 2.81. The van der Waals surface area contributed by atoms with Crippen LogP contribution < -0.4 is 0 Å². The van der Waals surface area contributed by atoms with Gasteiger partial charge in [-0.25, -0.2) is 0 Å². The highest BCUT2D eigenvalue weighted by atomic mass is 24.3. The van der Waals surface area contributed by atoms with Crippen molar-refractivity contribution < 1.29 is 44.6 Å². The van der Waals surface area contributed by atoms with Crippen LogP contribution in [0.15, 0.2) is 0 Å². The molecule has 0 aliphatic carbocycles. The van der Waals surface area contributed by atoms with Crippen molar-refractivity contribution in [1.29, 1.82) is 0 Å². The molecule has 0 saturated carbocycles. The van der Waals surface area contributed by atoms with E-state index >= 15 is 0 Å². The van der Waals surface area contributed by atoms with Gasteiger partial charge in [-0.3, -0.25) is 0 Å². The van der Waals surface area contributed by atoms with Gasteiger partial charge >= 0.3 is 47.2 Å². The van der Waals surface area contributed by atoms with Crippen LogP contribution >= 0.6 is 0 Å². The fourth-order valence-electron chi connectivity index (χ4n) is 0.482. The van der Waals surface area contributed by atoms with E-state index in [2.05, 4.69) is 0 Å². The summed E-state index contributed by atoms with van der Waals surface area (Å²) in [6.45, 7) is 0. The molecule has 0 aliphatic heterocycles. The molecule has 0 saturated heterocycles. The Morgan fingerprint density at radius 3 is 0.667 bits per heavy atom. The molecule has 0 aliphatic rings. The lowest BCUT2D eigenvalue weighted by atomic mass is 10.0. The number of hydrogen-bond donors (Lipinski definition) is 1. The second-order valence-corrected chi connectivity index (χ2v) is 2.20. The van der Waals surface area contributed by atoms with Crippen molar-refractivity contribution in [3.05, 3.63) is 0 Å². The highest BCUT2D eigenvalue weighted by Crippen LogP contribution is 2.52. The Balaban J connectivity index is 0. The van der Waals surface area contributed by atoms with Crippen LogP contribution in [0.1, 0.15) is 0 Å². The van der Waals surface area contributed by atoms with Crippen LogP contribution in [0, 0.1) is 0 Å². The number of rotatable bonds is 0. The molecule has 0 aromatic rings. The minimum atomic E-state index is -6.87. The van der Waals surface area contributed by atoms with Crippen molar-refractivity contribution in [2.24, 2.45) is 0 Å². The molecule has 0 fully saturated rings. The quantitative estimate of drug-likeness (QED) is 0.518. The summed E-state index contributed by atoms with van der Waals surface area (Å²) in [5, 5.41) is 7.65. The molecule has 0 aromatic heterocycles. The molecule has 0 radical (unpaired) electrons. The lowest BCUT2D eigenvalue weighted by Crippen LogP contribution is -2.66. The van der Waals surface area contributed by atoms with Gasteiger partial charge in [0.1, 0.15) is 0 Å². The average Bonchev–Trinajstić information content (AvgIpc) is 1.77. The van der Waals surface area contributed by atoms with Crippen LogP contribution in [-0.2, 0) is 0 Å². The first kappa shape index (κ1) is 17.5. The van der Waals surface area contributed by atoms with Crippen LogP contribution in [0.2, 0.25) is 0 Å². The van der Waals surface area contributed by atoms with E-state index in [0.29, 0.717) is 0 Å². The van der Waals surface area contributed by atoms with E-state index in [4.69, 9.17) is 5.11 Å². The van der Waals surface area contributed by atoms with Crippen molar-refractivity contribution in [1.82, 2.24) is 0 Å². The third-order valence-corrected chi connectivity index (χ3v) is 1.23. The zero-order valence-electron chi connectivity index (χ0n) is 5.85. The summed E-state index contributed by atoms with van der Waals surface area (Å²) >= 11 is 0. The molecule has 0 rings (SSSR count). The standard InChI is InChI=1S/C4HF9O.Mg.2H/c5-2(6,7)1(14,3(8,9)10)4(11,12)13;;;/h14H;;;. The second kappa shape index (κ2) is 4.16. The number of aliphatic hydroxyl groups is 1. The molecule has 0 spiro atoms. The fraction of sp³-hybridized carbons (Fsp3) is 1.00. The van der Waals surface area contributed by atoms with Gasteiger partial charge in [0, 0.05) is 0 Å². The van der Waals surface area contributed by atoms with Gasteiger partial charge in [-0.15, -0.1) is 0 Å². The van der Waals surface area contributed by atoms with Crippen LogP contribution in [0.3, 0.4) is 0 Å². The van der Waals surface area contributed by atoms with E-state index in [9.17, 15) is 39.5 Å². The molecule has 0 amide bonds. The minimum Gasteiger partial charge on any atom is -0.367 e. The summed E-state index contributed by atoms with van der Waals surface area (Å²) in [7, 11) is 0. The average molecular weight is 262 g/mol. The molecule has 0 aromatic carbocycles. The van der Waals surface area contributed by atoms with Gasteiger partial charge < -0.3 is 5.11 Å². The molecular formula is C4H3F9MgO. The highest BCUT2D eigenvalue weighted by Gasteiger charge is 2.83. The van der Waals surface area contributed by atoms with E-state index in [1.54, 1.807) is 0 Å². The number of hydrogen-bond acceptors (Lipinski definition) is 1. The molecule has 0 heterocycles. The Labute approximate surface area is 92.4 Å². The normalized spacial score (nSPS) is 14.8. The largest absolute Gasteiger partial charge is 0.435 e. The minimum absolute atomic E-state index is 0. The van der Waals surface area contributed by atoms with Gasteiger partial charge in [0.05, 0.1) is 0 Å². The van der Waals surface area contributed by atoms with Gasteiger partial charge in [0.15, 0.2) is 0 Å². The van der Waals surface area contributed by atoms with Crippen molar-refractivity contribution in [2.75, 3.05) is 0 Å². The molecule has 0 unspecified atom stereocenters. The van der Waals surface area contributed by atoms with Gasteiger partial charge in [-0.2, -0.15) is 39.5 Å². The Morgan fingerprint density at radius 2 is 0.667 bits per heavy atom. The molecule has 0 bridgehead atoms. The van der Waals surface area contributed by atoms with Crippen molar-refractivity contribution in [3.63, 3.8) is 0 Å². The molecule has 1 nitrogen and oxygen atoms in total. The lowest BCUT2D eigenvalue weighted by Gasteiger charge is -2.33. The Kier molecular flexibility index (Phi) is 4.85. The highest BCUT2D eigenvalue weighted by molar-refractivity contribution is 5.75. The zero-order valence-corrected chi connectivity index (χ0v) is 5.85. The first-order valence-electron chi connectivity index (χ1n) is 2.67. The summed E-state index contributed by atoms with van der Waals surface area (Å²) in [6, 6.07) is 0. The first-order valence-corrected chi connectivity index (χ1v) is 2.67. The Bertz CT molecular complexity index is 176. The van der Waals surface area contributed by atoms with E-state index in [-0.39, 0.29) is 23.1 Å². The van der Waals surface area contributed by atoms with Gasteiger partial charge in [0.25, 0.3) is 0 Å². The molecule has 11 heteroatoms. The summed E-state index contributed by atoms with van der Waals surface area (Å²) in [5.74, 6) is 0. The van der Waals surface area contributed by atoms with Crippen molar-refractivity contribution in [3.8, 4) is 0 Å². The molecule has 1 N–H and O–H groups in total. The lowest BCUT2D eigenvalue weighted by molar-refractivity contribution is -0.447. The van der Waals surface area contributed by atoms with E-state index in [1.807, 2.05) is 0 Å². The summed E-state index contributed by atoms with van der Waals surface area (Å²) in [4.78, 5) is 0. The van der Waals surface area contributed by atoms with Gasteiger partial charge in [0.2, 0.25) is 0 Å². The fourth-order valence-corrected chi connectivity index (χ4v) is 0.482. The van der Waals surface area contributed by atoms with Crippen LogP contribution in [-0.4, -0.2) is 52.3 Å². The number of alkyl halides is 9. The second-order valence-electron chi connectivity index (χ2n) is 2.20.